The first kappa shape index (κ1) is 13.1. The molecule has 1 amide bonds. The molecule has 0 N–H and O–H groups in total. The minimum absolute atomic E-state index is 0.241. The summed E-state index contributed by atoms with van der Waals surface area (Å²) in [4.78, 5) is 19.0. The predicted molar refractivity (Wildman–Crippen MR) is 80.7 cm³/mol. The number of benzene rings is 1. The summed E-state index contributed by atoms with van der Waals surface area (Å²) in [6.07, 6.45) is 2.76. The number of amides is 1. The molecular weight excluding hydrogens is 248 g/mol. The molecule has 20 heavy (non-hydrogen) atoms. The standard InChI is InChI=1S/C17H20N2O/c1-12-14-7-3-4-8-16(14)18-13(2)15(12)11-17(20)19-9-5-6-10-19/h3-4,7-8H,5-6,9-11H2,1-2H3. The van der Waals surface area contributed by atoms with Crippen LogP contribution in [0.3, 0.4) is 0 Å². The Labute approximate surface area is 119 Å². The lowest BCUT2D eigenvalue weighted by atomic mass is 9.99. The van der Waals surface area contributed by atoms with Crippen molar-refractivity contribution in [3.05, 3.63) is 41.1 Å². The Bertz CT molecular complexity index is 657. The van der Waals surface area contributed by atoms with Crippen LogP contribution < -0.4 is 0 Å². The molecule has 0 saturated carbocycles. The average molecular weight is 268 g/mol. The molecule has 0 radical (unpaired) electrons. The maximum Gasteiger partial charge on any atom is 0.227 e. The van der Waals surface area contributed by atoms with Gasteiger partial charge in [0.1, 0.15) is 0 Å². The van der Waals surface area contributed by atoms with Crippen molar-refractivity contribution in [3.8, 4) is 0 Å². The van der Waals surface area contributed by atoms with Crippen molar-refractivity contribution in [2.24, 2.45) is 0 Å². The fourth-order valence-corrected chi connectivity index (χ4v) is 3.06. The van der Waals surface area contributed by atoms with E-state index in [4.69, 9.17) is 0 Å². The zero-order valence-corrected chi connectivity index (χ0v) is 12.1. The van der Waals surface area contributed by atoms with Gasteiger partial charge in [-0.1, -0.05) is 18.2 Å². The molecule has 2 heterocycles. The fourth-order valence-electron chi connectivity index (χ4n) is 3.06. The molecule has 104 valence electrons. The number of aromatic nitrogens is 1. The molecule has 1 aromatic carbocycles. The van der Waals surface area contributed by atoms with Gasteiger partial charge < -0.3 is 4.90 Å². The molecule has 1 aliphatic rings. The van der Waals surface area contributed by atoms with Crippen LogP contribution in [-0.2, 0) is 11.2 Å². The minimum Gasteiger partial charge on any atom is -0.342 e. The van der Waals surface area contributed by atoms with Gasteiger partial charge in [0.25, 0.3) is 0 Å². The number of pyridine rings is 1. The number of carbonyl (C=O) groups excluding carboxylic acids is 1. The van der Waals surface area contributed by atoms with E-state index in [2.05, 4.69) is 18.0 Å². The van der Waals surface area contributed by atoms with Crippen LogP contribution in [0.4, 0.5) is 0 Å². The first-order valence-electron chi connectivity index (χ1n) is 7.29. The highest BCUT2D eigenvalue weighted by atomic mass is 16.2. The Balaban J connectivity index is 1.96. The lowest BCUT2D eigenvalue weighted by molar-refractivity contribution is -0.129. The molecule has 1 saturated heterocycles. The Morgan fingerprint density at radius 1 is 1.20 bits per heavy atom. The second-order valence-electron chi connectivity index (χ2n) is 5.58. The van der Waals surface area contributed by atoms with E-state index in [0.29, 0.717) is 6.42 Å². The molecule has 3 heteroatoms. The van der Waals surface area contributed by atoms with E-state index in [1.54, 1.807) is 0 Å². The molecule has 0 atom stereocenters. The van der Waals surface area contributed by atoms with Crippen LogP contribution in [0, 0.1) is 13.8 Å². The highest BCUT2D eigenvalue weighted by Gasteiger charge is 2.20. The quantitative estimate of drug-likeness (QED) is 0.839. The summed E-state index contributed by atoms with van der Waals surface area (Å²) in [6.45, 7) is 5.94. The second-order valence-corrected chi connectivity index (χ2v) is 5.58. The first-order chi connectivity index (χ1) is 9.66. The lowest BCUT2D eigenvalue weighted by Crippen LogP contribution is -2.29. The van der Waals surface area contributed by atoms with Gasteiger partial charge in [0.15, 0.2) is 0 Å². The minimum atomic E-state index is 0.241. The highest BCUT2D eigenvalue weighted by Crippen LogP contribution is 2.23. The molecule has 3 rings (SSSR count). The number of hydrogen-bond donors (Lipinski definition) is 0. The summed E-state index contributed by atoms with van der Waals surface area (Å²) >= 11 is 0. The summed E-state index contributed by atoms with van der Waals surface area (Å²) in [5.41, 5.74) is 4.29. The van der Waals surface area contributed by atoms with Crippen molar-refractivity contribution in [2.45, 2.75) is 33.1 Å². The molecule has 2 aromatic rings. The third-order valence-electron chi connectivity index (χ3n) is 4.27. The van der Waals surface area contributed by atoms with Crippen LogP contribution >= 0.6 is 0 Å². The van der Waals surface area contributed by atoms with Gasteiger partial charge in [-0.25, -0.2) is 0 Å². The molecule has 1 aromatic heterocycles. The zero-order valence-electron chi connectivity index (χ0n) is 12.1. The van der Waals surface area contributed by atoms with Crippen molar-refractivity contribution < 1.29 is 4.79 Å². The van der Waals surface area contributed by atoms with Crippen molar-refractivity contribution in [1.29, 1.82) is 0 Å². The van der Waals surface area contributed by atoms with Gasteiger partial charge >= 0.3 is 0 Å². The van der Waals surface area contributed by atoms with Crippen LogP contribution in [0.1, 0.15) is 29.7 Å². The van der Waals surface area contributed by atoms with Crippen molar-refractivity contribution in [3.63, 3.8) is 0 Å². The summed E-state index contributed by atoms with van der Waals surface area (Å²) < 4.78 is 0. The van der Waals surface area contributed by atoms with E-state index >= 15 is 0 Å². The Hall–Kier alpha value is -1.90. The van der Waals surface area contributed by atoms with E-state index < -0.39 is 0 Å². The summed E-state index contributed by atoms with van der Waals surface area (Å²) in [5, 5.41) is 1.15. The predicted octanol–water partition coefficient (Wildman–Crippen LogP) is 3.02. The van der Waals surface area contributed by atoms with E-state index in [-0.39, 0.29) is 5.91 Å². The van der Waals surface area contributed by atoms with E-state index in [9.17, 15) is 4.79 Å². The fraction of sp³-hybridized carbons (Fsp3) is 0.412. The molecule has 0 spiro atoms. The molecule has 1 aliphatic heterocycles. The Kier molecular flexibility index (Phi) is 3.43. The van der Waals surface area contributed by atoms with Gasteiger partial charge in [-0.3, -0.25) is 9.78 Å². The van der Waals surface area contributed by atoms with E-state index in [1.807, 2.05) is 30.0 Å². The molecule has 0 unspecified atom stereocenters. The maximum absolute atomic E-state index is 12.4. The summed E-state index contributed by atoms with van der Waals surface area (Å²) in [5.74, 6) is 0.241. The van der Waals surface area contributed by atoms with Gasteiger partial charge in [-0.15, -0.1) is 0 Å². The number of nitrogens with zero attached hydrogens (tertiary/aromatic N) is 2. The van der Waals surface area contributed by atoms with Crippen molar-refractivity contribution >= 4 is 16.8 Å². The Morgan fingerprint density at radius 2 is 1.90 bits per heavy atom. The van der Waals surface area contributed by atoms with Crippen molar-refractivity contribution in [2.75, 3.05) is 13.1 Å². The van der Waals surface area contributed by atoms with Crippen molar-refractivity contribution in [1.82, 2.24) is 9.88 Å². The molecular formula is C17H20N2O. The van der Waals surface area contributed by atoms with Crippen LogP contribution in [-0.4, -0.2) is 28.9 Å². The smallest absolute Gasteiger partial charge is 0.227 e. The zero-order chi connectivity index (χ0) is 14.1. The number of carbonyl (C=O) groups is 1. The van der Waals surface area contributed by atoms with Gasteiger partial charge in [0.05, 0.1) is 11.9 Å². The first-order valence-corrected chi connectivity index (χ1v) is 7.29. The van der Waals surface area contributed by atoms with E-state index in [0.717, 1.165) is 48.1 Å². The highest BCUT2D eigenvalue weighted by molar-refractivity contribution is 5.86. The molecule has 3 nitrogen and oxygen atoms in total. The van der Waals surface area contributed by atoms with Gasteiger partial charge in [0.2, 0.25) is 5.91 Å². The monoisotopic (exact) mass is 268 g/mol. The third kappa shape index (κ3) is 2.28. The molecule has 1 fully saturated rings. The average Bonchev–Trinajstić information content (AvgIpc) is 2.97. The van der Waals surface area contributed by atoms with Crippen LogP contribution in [0.5, 0.6) is 0 Å². The topological polar surface area (TPSA) is 33.2 Å². The van der Waals surface area contributed by atoms with Gasteiger partial charge in [-0.05, 0) is 43.9 Å². The third-order valence-corrected chi connectivity index (χ3v) is 4.27. The van der Waals surface area contributed by atoms with Crippen LogP contribution in [0.25, 0.3) is 10.9 Å². The normalized spacial score (nSPS) is 15.0. The summed E-state index contributed by atoms with van der Waals surface area (Å²) in [6, 6.07) is 8.14. The van der Waals surface area contributed by atoms with Crippen LogP contribution in [0.15, 0.2) is 24.3 Å². The number of fused-ring (bicyclic) bond motifs is 1. The van der Waals surface area contributed by atoms with Gasteiger partial charge in [-0.2, -0.15) is 0 Å². The Morgan fingerprint density at radius 3 is 2.65 bits per heavy atom. The number of rotatable bonds is 2. The number of aryl methyl sites for hydroxylation is 2. The number of para-hydroxylation sites is 1. The number of hydrogen-bond acceptors (Lipinski definition) is 2. The van der Waals surface area contributed by atoms with Gasteiger partial charge in [0, 0.05) is 24.2 Å². The van der Waals surface area contributed by atoms with E-state index in [1.165, 1.54) is 5.56 Å². The SMILES string of the molecule is Cc1nc2ccccc2c(C)c1CC(=O)N1CCCC1. The number of likely N-dealkylation sites (tertiary alicyclic amines) is 1. The molecule has 0 bridgehead atoms. The lowest BCUT2D eigenvalue weighted by Gasteiger charge is -2.17. The van der Waals surface area contributed by atoms with Crippen LogP contribution in [0.2, 0.25) is 0 Å². The largest absolute Gasteiger partial charge is 0.342 e. The molecule has 0 aliphatic carbocycles. The summed E-state index contributed by atoms with van der Waals surface area (Å²) in [7, 11) is 0. The maximum atomic E-state index is 12.4. The second kappa shape index (κ2) is 5.23.